The van der Waals surface area contributed by atoms with Gasteiger partial charge in [-0.15, -0.1) is 0 Å². The highest BCUT2D eigenvalue weighted by Crippen LogP contribution is 2.36. The van der Waals surface area contributed by atoms with Crippen molar-refractivity contribution in [1.29, 1.82) is 0 Å². The lowest BCUT2D eigenvalue weighted by Gasteiger charge is -2.36. The van der Waals surface area contributed by atoms with Crippen molar-refractivity contribution in [2.45, 2.75) is 52.1 Å². The molecule has 0 amide bonds. The molecule has 0 bridgehead atoms. The van der Waals surface area contributed by atoms with Crippen molar-refractivity contribution < 1.29 is 4.74 Å². The molecule has 1 aromatic heterocycles. The average molecular weight is 277 g/mol. The molecule has 4 nitrogen and oxygen atoms in total. The van der Waals surface area contributed by atoms with E-state index in [9.17, 15) is 0 Å². The minimum Gasteiger partial charge on any atom is -0.487 e. The van der Waals surface area contributed by atoms with Crippen LogP contribution in [0.5, 0.6) is 5.75 Å². The molecule has 0 aromatic carbocycles. The second-order valence-electron chi connectivity index (χ2n) is 6.14. The molecule has 3 N–H and O–H groups in total. The fraction of sp³-hybridized carbons (Fsp3) is 0.688. The Morgan fingerprint density at radius 3 is 2.75 bits per heavy atom. The Hall–Kier alpha value is -1.29. The van der Waals surface area contributed by atoms with Gasteiger partial charge in [-0.1, -0.05) is 19.3 Å². The summed E-state index contributed by atoms with van der Waals surface area (Å²) in [6.07, 6.45) is 8.29. The predicted octanol–water partition coefficient (Wildman–Crippen LogP) is 3.19. The van der Waals surface area contributed by atoms with E-state index in [4.69, 9.17) is 10.5 Å². The number of nitrogens with two attached hydrogens (primary N) is 1. The molecular formula is C16H27N3O. The molecule has 0 aliphatic heterocycles. The first-order chi connectivity index (χ1) is 9.65. The number of ether oxygens (including phenoxy) is 1. The lowest BCUT2D eigenvalue weighted by atomic mass is 9.74. The first kappa shape index (κ1) is 15.1. The minimum atomic E-state index is 0.151. The molecule has 1 aliphatic carbocycles. The molecule has 2 rings (SSSR count). The zero-order valence-corrected chi connectivity index (χ0v) is 12.7. The van der Waals surface area contributed by atoms with E-state index in [1.807, 2.05) is 26.0 Å². The molecule has 1 aliphatic rings. The monoisotopic (exact) mass is 277 g/mol. The van der Waals surface area contributed by atoms with Gasteiger partial charge in [0.15, 0.2) is 11.6 Å². The van der Waals surface area contributed by atoms with Gasteiger partial charge in [-0.05, 0) is 50.8 Å². The maximum atomic E-state index is 6.03. The summed E-state index contributed by atoms with van der Waals surface area (Å²) in [5.41, 5.74) is 6.26. The Bertz CT molecular complexity index is 414. The van der Waals surface area contributed by atoms with Gasteiger partial charge in [-0.2, -0.15) is 0 Å². The van der Waals surface area contributed by atoms with Crippen molar-refractivity contribution in [3.8, 4) is 5.75 Å². The van der Waals surface area contributed by atoms with E-state index in [2.05, 4.69) is 10.3 Å². The van der Waals surface area contributed by atoms with Crippen molar-refractivity contribution in [2.75, 3.05) is 18.4 Å². The number of nitrogens with one attached hydrogen (secondary N) is 1. The molecule has 20 heavy (non-hydrogen) atoms. The second-order valence-corrected chi connectivity index (χ2v) is 6.14. The van der Waals surface area contributed by atoms with Crippen molar-refractivity contribution in [1.82, 2.24) is 4.98 Å². The third kappa shape index (κ3) is 3.85. The number of nitrogens with zero attached hydrogens (tertiary/aromatic N) is 1. The maximum absolute atomic E-state index is 6.03. The Labute approximate surface area is 122 Å². The third-order valence-corrected chi connectivity index (χ3v) is 4.11. The maximum Gasteiger partial charge on any atom is 0.168 e. The molecule has 0 unspecified atom stereocenters. The molecule has 1 aromatic rings. The van der Waals surface area contributed by atoms with Crippen LogP contribution in [0, 0.1) is 5.41 Å². The van der Waals surface area contributed by atoms with Crippen LogP contribution in [0.3, 0.4) is 0 Å². The number of rotatable bonds is 6. The summed E-state index contributed by atoms with van der Waals surface area (Å²) in [4.78, 5) is 4.40. The van der Waals surface area contributed by atoms with E-state index in [1.165, 1.54) is 32.1 Å². The summed E-state index contributed by atoms with van der Waals surface area (Å²) in [5, 5.41) is 3.46. The first-order valence-electron chi connectivity index (χ1n) is 7.71. The van der Waals surface area contributed by atoms with Gasteiger partial charge in [0.1, 0.15) is 0 Å². The van der Waals surface area contributed by atoms with E-state index in [0.29, 0.717) is 0 Å². The highest BCUT2D eigenvalue weighted by molar-refractivity contribution is 5.49. The number of pyridine rings is 1. The highest BCUT2D eigenvalue weighted by Gasteiger charge is 2.30. The van der Waals surface area contributed by atoms with Gasteiger partial charge in [-0.3, -0.25) is 0 Å². The summed E-state index contributed by atoms with van der Waals surface area (Å²) in [6.45, 7) is 5.68. The molecule has 0 atom stereocenters. The lowest BCUT2D eigenvalue weighted by molar-refractivity contribution is 0.214. The van der Waals surface area contributed by atoms with E-state index in [-0.39, 0.29) is 11.5 Å². The highest BCUT2D eigenvalue weighted by atomic mass is 16.5. The summed E-state index contributed by atoms with van der Waals surface area (Å²) >= 11 is 0. The largest absolute Gasteiger partial charge is 0.487 e. The van der Waals surface area contributed by atoms with Crippen molar-refractivity contribution >= 4 is 5.82 Å². The third-order valence-electron chi connectivity index (χ3n) is 4.11. The van der Waals surface area contributed by atoms with Crippen molar-refractivity contribution in [3.63, 3.8) is 0 Å². The topological polar surface area (TPSA) is 60.2 Å². The Kier molecular flexibility index (Phi) is 5.24. The van der Waals surface area contributed by atoms with Crippen LogP contribution in [0.25, 0.3) is 0 Å². The standard InChI is InChI=1S/C16H27N3O/c1-13(2)20-14-7-6-10-18-15(14)19-12-16(11-17)8-4-3-5-9-16/h6-7,10,13H,3-5,8-9,11-12,17H2,1-2H3,(H,18,19). The van der Waals surface area contributed by atoms with Gasteiger partial charge in [0.05, 0.1) is 6.10 Å². The SMILES string of the molecule is CC(C)Oc1cccnc1NCC1(CN)CCCCC1. The molecule has 1 fully saturated rings. The van der Waals surface area contributed by atoms with Crippen LogP contribution < -0.4 is 15.8 Å². The summed E-state index contributed by atoms with van der Waals surface area (Å²) in [7, 11) is 0. The van der Waals surface area contributed by atoms with Crippen LogP contribution in [-0.4, -0.2) is 24.2 Å². The van der Waals surface area contributed by atoms with Crippen LogP contribution in [-0.2, 0) is 0 Å². The van der Waals surface area contributed by atoms with Gasteiger partial charge in [0.25, 0.3) is 0 Å². The smallest absolute Gasteiger partial charge is 0.168 e. The molecule has 0 radical (unpaired) electrons. The van der Waals surface area contributed by atoms with Gasteiger partial charge in [0, 0.05) is 12.7 Å². The van der Waals surface area contributed by atoms with E-state index >= 15 is 0 Å². The fourth-order valence-electron chi connectivity index (χ4n) is 2.90. The minimum absolute atomic E-state index is 0.151. The zero-order valence-electron chi connectivity index (χ0n) is 12.7. The first-order valence-corrected chi connectivity index (χ1v) is 7.71. The van der Waals surface area contributed by atoms with Crippen LogP contribution >= 0.6 is 0 Å². The van der Waals surface area contributed by atoms with E-state index in [1.54, 1.807) is 6.20 Å². The molecule has 1 heterocycles. The Morgan fingerprint density at radius 2 is 2.10 bits per heavy atom. The molecule has 112 valence electrons. The van der Waals surface area contributed by atoms with Gasteiger partial charge >= 0.3 is 0 Å². The van der Waals surface area contributed by atoms with Gasteiger partial charge in [-0.25, -0.2) is 4.98 Å². The Balaban J connectivity index is 2.02. The zero-order chi connectivity index (χ0) is 14.4. The summed E-state index contributed by atoms with van der Waals surface area (Å²) in [5.74, 6) is 1.66. The normalized spacial score (nSPS) is 18.0. The van der Waals surface area contributed by atoms with Crippen molar-refractivity contribution in [2.24, 2.45) is 11.1 Å². The molecule has 0 saturated heterocycles. The number of anilines is 1. The van der Waals surface area contributed by atoms with Crippen molar-refractivity contribution in [3.05, 3.63) is 18.3 Å². The Morgan fingerprint density at radius 1 is 1.35 bits per heavy atom. The fourth-order valence-corrected chi connectivity index (χ4v) is 2.90. The summed E-state index contributed by atoms with van der Waals surface area (Å²) < 4.78 is 5.80. The van der Waals surface area contributed by atoms with Crippen LogP contribution in [0.1, 0.15) is 46.0 Å². The average Bonchev–Trinajstić information content (AvgIpc) is 2.47. The van der Waals surface area contributed by atoms with E-state index < -0.39 is 0 Å². The predicted molar refractivity (Wildman–Crippen MR) is 83.1 cm³/mol. The van der Waals surface area contributed by atoms with Gasteiger partial charge < -0.3 is 15.8 Å². The molecular weight excluding hydrogens is 250 g/mol. The van der Waals surface area contributed by atoms with E-state index in [0.717, 1.165) is 24.7 Å². The molecule has 4 heteroatoms. The lowest BCUT2D eigenvalue weighted by Crippen LogP contribution is -2.39. The quantitative estimate of drug-likeness (QED) is 0.838. The number of aromatic nitrogens is 1. The van der Waals surface area contributed by atoms with Crippen LogP contribution in [0.2, 0.25) is 0 Å². The van der Waals surface area contributed by atoms with Crippen LogP contribution in [0.15, 0.2) is 18.3 Å². The van der Waals surface area contributed by atoms with Gasteiger partial charge in [0.2, 0.25) is 0 Å². The molecule has 0 spiro atoms. The van der Waals surface area contributed by atoms with Crippen LogP contribution in [0.4, 0.5) is 5.82 Å². The number of hydrogen-bond acceptors (Lipinski definition) is 4. The number of hydrogen-bond donors (Lipinski definition) is 2. The molecule has 1 saturated carbocycles. The second kappa shape index (κ2) is 6.93. The summed E-state index contributed by atoms with van der Waals surface area (Å²) in [6, 6.07) is 3.87.